The molecule has 0 bridgehead atoms. The first-order chi connectivity index (χ1) is 15.4. The van der Waals surface area contributed by atoms with Crippen molar-refractivity contribution >= 4 is 44.1 Å². The zero-order chi connectivity index (χ0) is 22.4. The van der Waals surface area contributed by atoms with Gasteiger partial charge in [-0.15, -0.1) is 0 Å². The molecule has 1 aromatic heterocycles. The van der Waals surface area contributed by atoms with Crippen LogP contribution in [-0.4, -0.2) is 21.8 Å². The number of ketones is 1. The normalized spacial score (nSPS) is 17.9. The van der Waals surface area contributed by atoms with Crippen LogP contribution < -0.4 is 4.90 Å². The van der Waals surface area contributed by atoms with E-state index in [1.807, 2.05) is 25.1 Å². The van der Waals surface area contributed by atoms with Gasteiger partial charge in [0.1, 0.15) is 11.6 Å². The van der Waals surface area contributed by atoms with E-state index in [-0.39, 0.29) is 11.3 Å². The quantitative estimate of drug-likeness (QED) is 0.262. The van der Waals surface area contributed by atoms with Crippen LogP contribution in [0.3, 0.4) is 0 Å². The van der Waals surface area contributed by atoms with E-state index in [9.17, 15) is 19.1 Å². The molecule has 158 valence electrons. The summed E-state index contributed by atoms with van der Waals surface area (Å²) in [6, 6.07) is 18.9. The van der Waals surface area contributed by atoms with E-state index in [0.29, 0.717) is 21.8 Å². The maximum Gasteiger partial charge on any atom is 0.301 e. The lowest BCUT2D eigenvalue weighted by atomic mass is 9.95. The third kappa shape index (κ3) is 3.27. The minimum Gasteiger partial charge on any atom is -0.507 e. The number of carbonyl (C=O) groups is 2. The average molecular weight is 444 g/mol. The summed E-state index contributed by atoms with van der Waals surface area (Å²) in [5.41, 5.74) is 2.62. The molecule has 1 atom stereocenters. The van der Waals surface area contributed by atoms with E-state index < -0.39 is 23.5 Å². The monoisotopic (exact) mass is 444 g/mol. The third-order valence-corrected chi connectivity index (χ3v) is 6.43. The molecule has 3 aromatic carbocycles. The SMILES string of the molecule is Cc1ccc2nc(N3C(=O)C(=O)C(=C(O)c4ccccc4)[C@@H]3c3ccc(F)cc3)sc2c1. The highest BCUT2D eigenvalue weighted by molar-refractivity contribution is 7.22. The van der Waals surface area contributed by atoms with Crippen LogP contribution in [0.1, 0.15) is 22.7 Å². The molecule has 0 radical (unpaired) electrons. The summed E-state index contributed by atoms with van der Waals surface area (Å²) in [7, 11) is 0. The van der Waals surface area contributed by atoms with Crippen molar-refractivity contribution in [2.75, 3.05) is 4.90 Å². The Balaban J connectivity index is 1.73. The molecule has 0 unspecified atom stereocenters. The van der Waals surface area contributed by atoms with Gasteiger partial charge in [0.25, 0.3) is 5.78 Å². The summed E-state index contributed by atoms with van der Waals surface area (Å²) in [5, 5.41) is 11.4. The van der Waals surface area contributed by atoms with Crippen molar-refractivity contribution in [2.24, 2.45) is 0 Å². The van der Waals surface area contributed by atoms with Gasteiger partial charge in [0.15, 0.2) is 5.13 Å². The molecule has 0 aliphatic carbocycles. The molecule has 0 saturated carbocycles. The Morgan fingerprint density at radius 3 is 2.47 bits per heavy atom. The van der Waals surface area contributed by atoms with E-state index in [2.05, 4.69) is 4.98 Å². The molecule has 1 N–H and O–H groups in total. The van der Waals surface area contributed by atoms with Crippen molar-refractivity contribution in [3.63, 3.8) is 0 Å². The summed E-state index contributed by atoms with van der Waals surface area (Å²) in [6.45, 7) is 1.96. The van der Waals surface area contributed by atoms with Crippen LogP contribution in [0.2, 0.25) is 0 Å². The molecule has 32 heavy (non-hydrogen) atoms. The molecule has 7 heteroatoms. The molecular weight excluding hydrogens is 427 g/mol. The number of hydrogen-bond donors (Lipinski definition) is 1. The Morgan fingerprint density at radius 1 is 1.03 bits per heavy atom. The second-order valence-electron chi connectivity index (χ2n) is 7.55. The smallest absolute Gasteiger partial charge is 0.301 e. The second-order valence-corrected chi connectivity index (χ2v) is 8.56. The number of amides is 1. The van der Waals surface area contributed by atoms with Crippen molar-refractivity contribution in [3.05, 3.63) is 101 Å². The van der Waals surface area contributed by atoms with Crippen molar-refractivity contribution in [1.29, 1.82) is 0 Å². The minimum absolute atomic E-state index is 0.0526. The van der Waals surface area contributed by atoms with Crippen LogP contribution in [0.25, 0.3) is 16.0 Å². The van der Waals surface area contributed by atoms with E-state index in [1.54, 1.807) is 30.3 Å². The predicted molar refractivity (Wildman–Crippen MR) is 122 cm³/mol. The van der Waals surface area contributed by atoms with Gasteiger partial charge in [-0.05, 0) is 42.3 Å². The summed E-state index contributed by atoms with van der Waals surface area (Å²) < 4.78 is 14.5. The lowest BCUT2D eigenvalue weighted by molar-refractivity contribution is -0.132. The number of aryl methyl sites for hydroxylation is 1. The average Bonchev–Trinajstić information content (AvgIpc) is 3.32. The molecular formula is C25H17FN2O3S. The van der Waals surface area contributed by atoms with Crippen LogP contribution in [-0.2, 0) is 9.59 Å². The molecule has 2 heterocycles. The van der Waals surface area contributed by atoms with Gasteiger partial charge in [0.05, 0.1) is 21.8 Å². The largest absolute Gasteiger partial charge is 0.507 e. The Kier molecular flexibility index (Phi) is 4.83. The van der Waals surface area contributed by atoms with Crippen LogP contribution in [0, 0.1) is 12.7 Å². The highest BCUT2D eigenvalue weighted by Gasteiger charge is 2.48. The Morgan fingerprint density at radius 2 is 1.75 bits per heavy atom. The van der Waals surface area contributed by atoms with Gasteiger partial charge in [-0.2, -0.15) is 0 Å². The highest BCUT2D eigenvalue weighted by atomic mass is 32.1. The van der Waals surface area contributed by atoms with Crippen LogP contribution >= 0.6 is 11.3 Å². The van der Waals surface area contributed by atoms with Gasteiger partial charge in [0.2, 0.25) is 0 Å². The van der Waals surface area contributed by atoms with E-state index >= 15 is 0 Å². The van der Waals surface area contributed by atoms with Crippen molar-refractivity contribution in [2.45, 2.75) is 13.0 Å². The summed E-state index contributed by atoms with van der Waals surface area (Å²) in [4.78, 5) is 32.2. The maximum atomic E-state index is 13.6. The lowest BCUT2D eigenvalue weighted by Crippen LogP contribution is -2.29. The molecule has 4 aromatic rings. The number of Topliss-reactive ketones (excluding diaryl/α,β-unsaturated/α-hetero) is 1. The number of halogens is 1. The number of hydrogen-bond acceptors (Lipinski definition) is 5. The second kappa shape index (κ2) is 7.69. The van der Waals surface area contributed by atoms with Crippen molar-refractivity contribution in [3.8, 4) is 0 Å². The van der Waals surface area contributed by atoms with E-state index in [1.165, 1.54) is 40.5 Å². The molecule has 1 aliphatic heterocycles. The van der Waals surface area contributed by atoms with Crippen molar-refractivity contribution < 1.29 is 19.1 Å². The Labute approximate surface area is 187 Å². The number of aliphatic hydroxyl groups is 1. The van der Waals surface area contributed by atoms with Gasteiger partial charge < -0.3 is 5.11 Å². The number of benzene rings is 3. The summed E-state index contributed by atoms with van der Waals surface area (Å²) >= 11 is 1.29. The first-order valence-corrected chi connectivity index (χ1v) is 10.7. The number of aliphatic hydroxyl groups excluding tert-OH is 1. The Hall–Kier alpha value is -3.84. The molecule has 0 spiro atoms. The number of fused-ring (bicyclic) bond motifs is 1. The highest BCUT2D eigenvalue weighted by Crippen LogP contribution is 2.44. The summed E-state index contributed by atoms with van der Waals surface area (Å²) in [6.07, 6.45) is 0. The number of carbonyl (C=O) groups excluding carboxylic acids is 2. The number of rotatable bonds is 3. The first kappa shape index (κ1) is 20.1. The fourth-order valence-corrected chi connectivity index (χ4v) is 4.95. The molecule has 1 saturated heterocycles. The molecule has 5 nitrogen and oxygen atoms in total. The van der Waals surface area contributed by atoms with Gasteiger partial charge >= 0.3 is 5.91 Å². The molecule has 1 aliphatic rings. The van der Waals surface area contributed by atoms with Crippen LogP contribution in [0.4, 0.5) is 9.52 Å². The zero-order valence-electron chi connectivity index (χ0n) is 16.9. The molecule has 1 fully saturated rings. The van der Waals surface area contributed by atoms with E-state index in [0.717, 1.165) is 10.3 Å². The van der Waals surface area contributed by atoms with Gasteiger partial charge in [0, 0.05) is 5.56 Å². The first-order valence-electron chi connectivity index (χ1n) is 9.93. The van der Waals surface area contributed by atoms with Crippen LogP contribution in [0.15, 0.2) is 78.4 Å². The fourth-order valence-electron chi connectivity index (χ4n) is 3.86. The third-order valence-electron chi connectivity index (χ3n) is 5.42. The van der Waals surface area contributed by atoms with E-state index in [4.69, 9.17) is 0 Å². The van der Waals surface area contributed by atoms with Crippen LogP contribution in [0.5, 0.6) is 0 Å². The minimum atomic E-state index is -0.933. The maximum absolute atomic E-state index is 13.6. The fraction of sp³-hybridized carbons (Fsp3) is 0.0800. The topological polar surface area (TPSA) is 70.5 Å². The zero-order valence-corrected chi connectivity index (χ0v) is 17.8. The Bertz CT molecular complexity index is 1390. The number of aromatic nitrogens is 1. The predicted octanol–water partition coefficient (Wildman–Crippen LogP) is 5.37. The van der Waals surface area contributed by atoms with Gasteiger partial charge in [-0.1, -0.05) is 59.9 Å². The van der Waals surface area contributed by atoms with Crippen molar-refractivity contribution in [1.82, 2.24) is 4.98 Å². The number of anilines is 1. The van der Waals surface area contributed by atoms with Gasteiger partial charge in [-0.25, -0.2) is 9.37 Å². The molecule has 5 rings (SSSR count). The summed E-state index contributed by atoms with van der Waals surface area (Å²) in [5.74, 6) is -2.31. The van der Waals surface area contributed by atoms with Gasteiger partial charge in [-0.3, -0.25) is 14.5 Å². The standard InChI is InChI=1S/C25H17FN2O3S/c1-14-7-12-18-19(13-14)32-25(27-18)28-21(15-8-10-17(26)11-9-15)20(23(30)24(28)31)22(29)16-5-3-2-4-6-16/h2-13,21,29H,1H3/t21-/m0/s1. The lowest BCUT2D eigenvalue weighted by Gasteiger charge is -2.23. The number of nitrogens with zero attached hydrogens (tertiary/aromatic N) is 2. The number of thiazole rings is 1. The molecule has 1 amide bonds.